The van der Waals surface area contributed by atoms with E-state index < -0.39 is 0 Å². The van der Waals surface area contributed by atoms with E-state index in [4.69, 9.17) is 20.8 Å². The predicted molar refractivity (Wildman–Crippen MR) is 73.8 cm³/mol. The maximum Gasteiger partial charge on any atom is 0.298 e. The fourth-order valence-electron chi connectivity index (χ4n) is 2.91. The van der Waals surface area contributed by atoms with Crippen molar-refractivity contribution in [1.82, 2.24) is 4.98 Å². The summed E-state index contributed by atoms with van der Waals surface area (Å²) in [7, 11) is 0. The van der Waals surface area contributed by atoms with Crippen molar-refractivity contribution < 1.29 is 9.15 Å². The number of hydrogen-bond donors (Lipinski definition) is 0. The molecule has 0 unspecified atom stereocenters. The summed E-state index contributed by atoms with van der Waals surface area (Å²) in [5.74, 6) is 0. The first-order valence-corrected chi connectivity index (χ1v) is 7.07. The van der Waals surface area contributed by atoms with E-state index in [0.717, 1.165) is 43.6 Å². The quantitative estimate of drug-likeness (QED) is 0.803. The number of benzene rings is 1. The molecular formula is C14H15ClN2O2. The highest BCUT2D eigenvalue weighted by Crippen LogP contribution is 2.39. The maximum atomic E-state index is 5.98. The molecule has 0 amide bonds. The Hall–Kier alpha value is -1.26. The van der Waals surface area contributed by atoms with Gasteiger partial charge in [0, 0.05) is 11.6 Å². The smallest absolute Gasteiger partial charge is 0.298 e. The lowest BCUT2D eigenvalue weighted by Crippen LogP contribution is -2.55. The first kappa shape index (κ1) is 11.6. The van der Waals surface area contributed by atoms with Gasteiger partial charge in [0.15, 0.2) is 5.58 Å². The van der Waals surface area contributed by atoms with Gasteiger partial charge < -0.3 is 14.1 Å². The topological polar surface area (TPSA) is 38.5 Å². The maximum absolute atomic E-state index is 5.98. The van der Waals surface area contributed by atoms with Crippen LogP contribution in [0.5, 0.6) is 0 Å². The van der Waals surface area contributed by atoms with Crippen molar-refractivity contribution in [3.8, 4) is 0 Å². The minimum Gasteiger partial charge on any atom is -0.423 e. The SMILES string of the molecule is Clc1ccc2oc(N3CCOC4(CCC4)C3)nc2c1. The summed E-state index contributed by atoms with van der Waals surface area (Å²) in [4.78, 5) is 6.73. The summed E-state index contributed by atoms with van der Waals surface area (Å²) in [6.45, 7) is 2.47. The fourth-order valence-corrected chi connectivity index (χ4v) is 3.07. The molecule has 0 bridgehead atoms. The van der Waals surface area contributed by atoms with Gasteiger partial charge in [-0.15, -0.1) is 0 Å². The number of aromatic nitrogens is 1. The van der Waals surface area contributed by atoms with Gasteiger partial charge in [-0.3, -0.25) is 0 Å². The summed E-state index contributed by atoms with van der Waals surface area (Å²) in [6.07, 6.45) is 3.56. The molecule has 0 atom stereocenters. The lowest BCUT2D eigenvalue weighted by Gasteiger charge is -2.47. The largest absolute Gasteiger partial charge is 0.423 e. The number of ether oxygens (including phenoxy) is 1. The minimum absolute atomic E-state index is 0.0521. The number of anilines is 1. The van der Waals surface area contributed by atoms with Gasteiger partial charge in [-0.25, -0.2) is 0 Å². The van der Waals surface area contributed by atoms with E-state index in [-0.39, 0.29) is 5.60 Å². The van der Waals surface area contributed by atoms with Crippen molar-refractivity contribution in [2.75, 3.05) is 24.6 Å². The van der Waals surface area contributed by atoms with Crippen LogP contribution in [0.25, 0.3) is 11.1 Å². The Balaban J connectivity index is 1.66. The van der Waals surface area contributed by atoms with E-state index in [0.29, 0.717) is 11.0 Å². The van der Waals surface area contributed by atoms with E-state index in [9.17, 15) is 0 Å². The molecule has 2 aliphatic rings. The summed E-state index contributed by atoms with van der Waals surface area (Å²) in [5.41, 5.74) is 1.65. The molecule has 0 radical (unpaired) electrons. The van der Waals surface area contributed by atoms with Crippen molar-refractivity contribution in [2.45, 2.75) is 24.9 Å². The molecule has 1 spiro atoms. The van der Waals surface area contributed by atoms with Gasteiger partial charge in [-0.2, -0.15) is 4.98 Å². The average molecular weight is 279 g/mol. The molecule has 2 fully saturated rings. The molecule has 19 heavy (non-hydrogen) atoms. The molecule has 5 heteroatoms. The lowest BCUT2D eigenvalue weighted by atomic mass is 9.79. The Bertz CT molecular complexity index is 621. The van der Waals surface area contributed by atoms with Crippen LogP contribution in [-0.4, -0.2) is 30.3 Å². The summed E-state index contributed by atoms with van der Waals surface area (Å²) in [5, 5.41) is 0.685. The highest BCUT2D eigenvalue weighted by Gasteiger charge is 2.43. The third-order valence-electron chi connectivity index (χ3n) is 4.12. The molecular weight excluding hydrogens is 264 g/mol. The fraction of sp³-hybridized carbons (Fsp3) is 0.500. The third kappa shape index (κ3) is 1.90. The second kappa shape index (κ2) is 4.12. The molecule has 1 saturated heterocycles. The van der Waals surface area contributed by atoms with Gasteiger partial charge in [0.05, 0.1) is 18.8 Å². The number of halogens is 1. The Morgan fingerprint density at radius 1 is 1.32 bits per heavy atom. The standard InChI is InChI=1S/C14H15ClN2O2/c15-10-2-3-12-11(8-10)16-13(19-12)17-6-7-18-14(9-17)4-1-5-14/h2-3,8H,1,4-7,9H2. The molecule has 4 rings (SSSR count). The zero-order valence-electron chi connectivity index (χ0n) is 10.6. The van der Waals surface area contributed by atoms with Gasteiger partial charge >= 0.3 is 0 Å². The molecule has 1 aromatic heterocycles. The first-order chi connectivity index (χ1) is 9.24. The highest BCUT2D eigenvalue weighted by atomic mass is 35.5. The van der Waals surface area contributed by atoms with E-state index in [2.05, 4.69) is 9.88 Å². The second-order valence-electron chi connectivity index (χ2n) is 5.42. The molecule has 4 nitrogen and oxygen atoms in total. The van der Waals surface area contributed by atoms with Crippen LogP contribution in [0.4, 0.5) is 6.01 Å². The molecule has 1 saturated carbocycles. The van der Waals surface area contributed by atoms with Crippen LogP contribution in [-0.2, 0) is 4.74 Å². The molecule has 2 heterocycles. The normalized spacial score (nSPS) is 21.8. The Morgan fingerprint density at radius 2 is 2.21 bits per heavy atom. The van der Waals surface area contributed by atoms with Gasteiger partial charge in [-0.05, 0) is 37.5 Å². The van der Waals surface area contributed by atoms with Crippen LogP contribution in [0.3, 0.4) is 0 Å². The predicted octanol–water partition coefficient (Wildman–Crippen LogP) is 3.24. The number of hydrogen-bond acceptors (Lipinski definition) is 4. The summed E-state index contributed by atoms with van der Waals surface area (Å²) >= 11 is 5.98. The zero-order valence-corrected chi connectivity index (χ0v) is 11.3. The van der Waals surface area contributed by atoms with Crippen LogP contribution in [0.2, 0.25) is 5.02 Å². The van der Waals surface area contributed by atoms with Crippen LogP contribution in [0.1, 0.15) is 19.3 Å². The zero-order chi connectivity index (χ0) is 12.9. The van der Waals surface area contributed by atoms with Gasteiger partial charge in [0.2, 0.25) is 0 Å². The van der Waals surface area contributed by atoms with E-state index in [1.807, 2.05) is 18.2 Å². The van der Waals surface area contributed by atoms with Crippen LogP contribution < -0.4 is 4.90 Å². The minimum atomic E-state index is 0.0521. The van der Waals surface area contributed by atoms with Crippen molar-refractivity contribution in [1.29, 1.82) is 0 Å². The molecule has 2 aromatic rings. The Morgan fingerprint density at radius 3 is 3.00 bits per heavy atom. The van der Waals surface area contributed by atoms with Crippen LogP contribution in [0, 0.1) is 0 Å². The monoisotopic (exact) mass is 278 g/mol. The second-order valence-corrected chi connectivity index (χ2v) is 5.85. The number of oxazole rings is 1. The van der Waals surface area contributed by atoms with Gasteiger partial charge in [0.25, 0.3) is 6.01 Å². The third-order valence-corrected chi connectivity index (χ3v) is 4.36. The molecule has 1 aromatic carbocycles. The van der Waals surface area contributed by atoms with E-state index in [1.165, 1.54) is 6.42 Å². The van der Waals surface area contributed by atoms with Gasteiger partial charge in [0.1, 0.15) is 5.52 Å². The van der Waals surface area contributed by atoms with Crippen molar-refractivity contribution in [3.63, 3.8) is 0 Å². The molecule has 1 aliphatic carbocycles. The molecule has 0 N–H and O–H groups in total. The summed E-state index contributed by atoms with van der Waals surface area (Å²) < 4.78 is 11.7. The number of morpholine rings is 1. The average Bonchev–Trinajstić information content (AvgIpc) is 2.80. The Kier molecular flexibility index (Phi) is 2.50. The first-order valence-electron chi connectivity index (χ1n) is 6.69. The van der Waals surface area contributed by atoms with Crippen LogP contribution in [0.15, 0.2) is 22.6 Å². The number of nitrogens with zero attached hydrogens (tertiary/aromatic N) is 2. The number of fused-ring (bicyclic) bond motifs is 1. The van der Waals surface area contributed by atoms with Crippen LogP contribution >= 0.6 is 11.6 Å². The number of rotatable bonds is 1. The van der Waals surface area contributed by atoms with Crippen molar-refractivity contribution >= 4 is 28.7 Å². The van der Waals surface area contributed by atoms with Gasteiger partial charge in [-0.1, -0.05) is 11.6 Å². The lowest BCUT2D eigenvalue weighted by molar-refractivity contribution is -0.107. The Labute approximate surface area is 116 Å². The van der Waals surface area contributed by atoms with Crippen molar-refractivity contribution in [3.05, 3.63) is 23.2 Å². The van der Waals surface area contributed by atoms with E-state index in [1.54, 1.807) is 0 Å². The molecule has 100 valence electrons. The molecule has 1 aliphatic heterocycles. The van der Waals surface area contributed by atoms with E-state index >= 15 is 0 Å². The highest BCUT2D eigenvalue weighted by molar-refractivity contribution is 6.31. The van der Waals surface area contributed by atoms with Crippen molar-refractivity contribution in [2.24, 2.45) is 0 Å². The summed E-state index contributed by atoms with van der Waals surface area (Å²) in [6, 6.07) is 6.22.